The molecule has 0 atom stereocenters. The molecule has 2 nitrogen and oxygen atoms in total. The van der Waals surface area contributed by atoms with E-state index in [-0.39, 0.29) is 0 Å². The van der Waals surface area contributed by atoms with Crippen molar-refractivity contribution in [2.45, 2.75) is 5.41 Å². The summed E-state index contributed by atoms with van der Waals surface area (Å²) in [5.74, 6) is 0. The summed E-state index contributed by atoms with van der Waals surface area (Å²) in [4.78, 5) is 0. The highest BCUT2D eigenvalue weighted by molar-refractivity contribution is 6.11. The summed E-state index contributed by atoms with van der Waals surface area (Å²) in [6.45, 7) is 0. The van der Waals surface area contributed by atoms with E-state index in [2.05, 4.69) is 180 Å². The van der Waals surface area contributed by atoms with Gasteiger partial charge in [-0.05, 0) is 93.0 Å². The highest BCUT2D eigenvalue weighted by atomic mass is 16.3. The summed E-state index contributed by atoms with van der Waals surface area (Å²) in [6.07, 6.45) is 0. The first-order chi connectivity index (χ1) is 25.3. The third-order valence-electron chi connectivity index (χ3n) is 11.1. The molecule has 0 amide bonds. The van der Waals surface area contributed by atoms with E-state index < -0.39 is 5.41 Å². The Morgan fingerprint density at radius 3 is 1.80 bits per heavy atom. The van der Waals surface area contributed by atoms with E-state index >= 15 is 0 Å². The Bertz CT molecular complexity index is 2930. The summed E-state index contributed by atoms with van der Waals surface area (Å²) in [7, 11) is 0. The first-order valence-electron chi connectivity index (χ1n) is 17.6. The van der Waals surface area contributed by atoms with Crippen molar-refractivity contribution in [3.63, 3.8) is 0 Å². The van der Waals surface area contributed by atoms with Crippen LogP contribution < -0.4 is 0 Å². The third-order valence-corrected chi connectivity index (χ3v) is 11.1. The van der Waals surface area contributed by atoms with Crippen LogP contribution in [-0.2, 0) is 5.41 Å². The molecule has 0 aliphatic heterocycles. The fourth-order valence-electron chi connectivity index (χ4n) is 8.91. The van der Waals surface area contributed by atoms with Crippen LogP contribution in [0, 0.1) is 0 Å². The second-order valence-electron chi connectivity index (χ2n) is 13.7. The van der Waals surface area contributed by atoms with Gasteiger partial charge in [-0.15, -0.1) is 0 Å². The Hall–Kier alpha value is -6.64. The van der Waals surface area contributed by atoms with Crippen LogP contribution >= 0.6 is 0 Å². The topological polar surface area (TPSA) is 18.1 Å². The third kappa shape index (κ3) is 3.93. The molecule has 0 N–H and O–H groups in total. The van der Waals surface area contributed by atoms with Crippen molar-refractivity contribution in [3.8, 4) is 27.9 Å². The Labute approximate surface area is 295 Å². The van der Waals surface area contributed by atoms with Crippen molar-refractivity contribution in [2.24, 2.45) is 0 Å². The predicted octanol–water partition coefficient (Wildman–Crippen LogP) is 12.7. The van der Waals surface area contributed by atoms with Crippen molar-refractivity contribution in [2.75, 3.05) is 0 Å². The molecule has 0 fully saturated rings. The lowest BCUT2D eigenvalue weighted by Gasteiger charge is -2.33. The van der Waals surface area contributed by atoms with E-state index in [0.29, 0.717) is 0 Å². The quantitative estimate of drug-likeness (QED) is 0.186. The molecule has 238 valence electrons. The molecule has 0 bridgehead atoms. The van der Waals surface area contributed by atoms with Crippen molar-refractivity contribution in [1.82, 2.24) is 4.57 Å². The summed E-state index contributed by atoms with van der Waals surface area (Å²) >= 11 is 0. The minimum Gasteiger partial charge on any atom is -0.456 e. The van der Waals surface area contributed by atoms with Gasteiger partial charge >= 0.3 is 0 Å². The fraction of sp³-hybridized carbons (Fsp3) is 0.0204. The Morgan fingerprint density at radius 1 is 0.373 bits per heavy atom. The van der Waals surface area contributed by atoms with Gasteiger partial charge in [0, 0.05) is 27.2 Å². The van der Waals surface area contributed by atoms with Crippen LogP contribution in [0.15, 0.2) is 192 Å². The zero-order valence-electron chi connectivity index (χ0n) is 27.8. The van der Waals surface area contributed by atoms with E-state index in [9.17, 15) is 0 Å². The Morgan fingerprint density at radius 2 is 0.980 bits per heavy atom. The Balaban J connectivity index is 1.11. The number of hydrogen-bond donors (Lipinski definition) is 0. The molecule has 51 heavy (non-hydrogen) atoms. The molecule has 10 aromatic rings. The maximum atomic E-state index is 6.17. The highest BCUT2D eigenvalue weighted by Gasteiger charge is 2.45. The zero-order chi connectivity index (χ0) is 33.5. The van der Waals surface area contributed by atoms with Crippen LogP contribution in [0.2, 0.25) is 0 Å². The van der Waals surface area contributed by atoms with Gasteiger partial charge in [-0.25, -0.2) is 0 Å². The lowest BCUT2D eigenvalue weighted by Crippen LogP contribution is -2.28. The van der Waals surface area contributed by atoms with Crippen molar-refractivity contribution in [3.05, 3.63) is 210 Å². The van der Waals surface area contributed by atoms with Crippen molar-refractivity contribution in [1.29, 1.82) is 0 Å². The van der Waals surface area contributed by atoms with Crippen LogP contribution in [0.25, 0.3) is 71.7 Å². The molecule has 2 heteroatoms. The summed E-state index contributed by atoms with van der Waals surface area (Å²) < 4.78 is 8.56. The van der Waals surface area contributed by atoms with Gasteiger partial charge < -0.3 is 8.98 Å². The van der Waals surface area contributed by atoms with Gasteiger partial charge in [-0.3, -0.25) is 0 Å². The molecule has 0 saturated carbocycles. The van der Waals surface area contributed by atoms with Gasteiger partial charge in [-0.1, -0.05) is 140 Å². The first kappa shape index (κ1) is 28.2. The molecule has 1 aliphatic rings. The van der Waals surface area contributed by atoms with Crippen molar-refractivity contribution < 1.29 is 4.42 Å². The normalized spacial score (nSPS) is 13.3. The molecular formula is C49H31NO. The van der Waals surface area contributed by atoms with Crippen LogP contribution in [0.3, 0.4) is 0 Å². The maximum absolute atomic E-state index is 6.17. The van der Waals surface area contributed by atoms with Gasteiger partial charge in [0.25, 0.3) is 0 Å². The van der Waals surface area contributed by atoms with Crippen LogP contribution in [0.4, 0.5) is 0 Å². The van der Waals surface area contributed by atoms with Crippen molar-refractivity contribution >= 4 is 43.7 Å². The summed E-state index contributed by atoms with van der Waals surface area (Å²) in [6, 6.07) is 68.6. The minimum atomic E-state index is -0.397. The van der Waals surface area contributed by atoms with Crippen LogP contribution in [0.1, 0.15) is 22.3 Å². The standard InChI is InChI=1S/C49H31NO/c1-3-13-34(14-4-1)49(35-15-5-2-6-16-35)43-20-10-7-17-37(43)40-29-32(23-26-44(40)49)33-24-27-46-41(30-33)38-18-8-11-21-45(38)50(46)36-25-28-48-42(31-36)39-19-9-12-22-47(39)51-48/h1-31H. The number of benzene rings is 8. The first-order valence-corrected chi connectivity index (χ1v) is 17.6. The number of rotatable bonds is 4. The lowest BCUT2D eigenvalue weighted by molar-refractivity contribution is 0.669. The molecule has 11 rings (SSSR count). The average Bonchev–Trinajstić information content (AvgIpc) is 3.84. The van der Waals surface area contributed by atoms with Gasteiger partial charge in [-0.2, -0.15) is 0 Å². The molecule has 0 unspecified atom stereocenters. The van der Waals surface area contributed by atoms with Gasteiger partial charge in [0.1, 0.15) is 11.2 Å². The van der Waals surface area contributed by atoms with E-state index in [1.807, 2.05) is 12.1 Å². The smallest absolute Gasteiger partial charge is 0.135 e. The van der Waals surface area contributed by atoms with Gasteiger partial charge in [0.15, 0.2) is 0 Å². The molecular weight excluding hydrogens is 619 g/mol. The van der Waals surface area contributed by atoms with E-state index in [1.165, 1.54) is 66.3 Å². The second kappa shape index (κ2) is 10.7. The number of fused-ring (bicyclic) bond motifs is 9. The number of furan rings is 1. The van der Waals surface area contributed by atoms with Gasteiger partial charge in [0.05, 0.1) is 16.4 Å². The maximum Gasteiger partial charge on any atom is 0.135 e. The summed E-state index contributed by atoms with van der Waals surface area (Å²) in [5, 5.41) is 4.75. The molecule has 2 heterocycles. The fourth-order valence-corrected chi connectivity index (χ4v) is 8.91. The zero-order valence-corrected chi connectivity index (χ0v) is 27.8. The van der Waals surface area contributed by atoms with E-state index in [4.69, 9.17) is 4.42 Å². The van der Waals surface area contributed by atoms with Gasteiger partial charge in [0.2, 0.25) is 0 Å². The predicted molar refractivity (Wildman–Crippen MR) is 211 cm³/mol. The number of hydrogen-bond acceptors (Lipinski definition) is 1. The minimum absolute atomic E-state index is 0.397. The average molecular weight is 650 g/mol. The van der Waals surface area contributed by atoms with E-state index in [0.717, 1.165) is 27.6 Å². The molecule has 2 aromatic heterocycles. The number of nitrogens with zero attached hydrogens (tertiary/aromatic N) is 1. The summed E-state index contributed by atoms with van der Waals surface area (Å²) in [5.41, 5.74) is 15.2. The molecule has 0 saturated heterocycles. The number of aromatic nitrogens is 1. The largest absolute Gasteiger partial charge is 0.456 e. The highest BCUT2D eigenvalue weighted by Crippen LogP contribution is 2.56. The number of para-hydroxylation sites is 2. The van der Waals surface area contributed by atoms with E-state index in [1.54, 1.807) is 0 Å². The lowest BCUT2D eigenvalue weighted by atomic mass is 9.67. The monoisotopic (exact) mass is 649 g/mol. The molecule has 1 aliphatic carbocycles. The second-order valence-corrected chi connectivity index (χ2v) is 13.7. The van der Waals surface area contributed by atoms with Crippen LogP contribution in [0.5, 0.6) is 0 Å². The SMILES string of the molecule is c1ccc(C2(c3ccccc3)c3ccccc3-c3cc(-c4ccc5c(c4)c4ccccc4n5-c4ccc5oc6ccccc6c5c4)ccc32)cc1. The molecule has 0 radical (unpaired) electrons. The molecule has 0 spiro atoms. The van der Waals surface area contributed by atoms with Crippen LogP contribution in [-0.4, -0.2) is 4.57 Å². The molecule has 8 aromatic carbocycles. The Kier molecular flexibility index (Phi) is 5.91.